The van der Waals surface area contributed by atoms with Crippen LogP contribution in [-0.4, -0.2) is 22.5 Å². The molecular weight excluding hydrogens is 376 g/mol. The van der Waals surface area contributed by atoms with Gasteiger partial charge < -0.3 is 9.47 Å². The topological polar surface area (TPSA) is 55.2 Å². The molecule has 29 heavy (non-hydrogen) atoms. The Morgan fingerprint density at radius 3 is 2.66 bits per heavy atom. The molecule has 0 atom stereocenters. The van der Waals surface area contributed by atoms with Gasteiger partial charge in [0, 0.05) is 43.2 Å². The molecule has 0 saturated heterocycles. The van der Waals surface area contributed by atoms with Gasteiger partial charge in [-0.25, -0.2) is 8.78 Å². The highest BCUT2D eigenvalue weighted by atomic mass is 19.1. The standard InChI is InChI=1S/C22H19F2N3O2/c1-13-15(12-27-9-3-4-18(24)22(27)29)10-25-11-16(13)20-17(23)7-5-14-6-8-19(28)26(2)21(14)20/h3-5,7,9-11H,6,8,12H2,1-2H3. The number of aromatic nitrogens is 2. The summed E-state index contributed by atoms with van der Waals surface area (Å²) >= 11 is 0. The molecule has 0 N–H and O–H groups in total. The Kier molecular flexibility index (Phi) is 4.74. The number of anilines is 1. The van der Waals surface area contributed by atoms with Crippen LogP contribution in [0.1, 0.15) is 23.1 Å². The van der Waals surface area contributed by atoms with E-state index in [-0.39, 0.29) is 12.5 Å². The second-order valence-electron chi connectivity index (χ2n) is 7.14. The number of benzene rings is 1. The third kappa shape index (κ3) is 3.22. The van der Waals surface area contributed by atoms with E-state index >= 15 is 0 Å². The van der Waals surface area contributed by atoms with Crippen LogP contribution in [-0.2, 0) is 17.8 Å². The van der Waals surface area contributed by atoms with Gasteiger partial charge in [-0.1, -0.05) is 6.07 Å². The first-order valence-electron chi connectivity index (χ1n) is 9.25. The summed E-state index contributed by atoms with van der Waals surface area (Å²) in [6.07, 6.45) is 5.57. The summed E-state index contributed by atoms with van der Waals surface area (Å²) in [4.78, 5) is 30.0. The van der Waals surface area contributed by atoms with E-state index in [4.69, 9.17) is 0 Å². The third-order valence-electron chi connectivity index (χ3n) is 5.43. The Morgan fingerprint density at radius 1 is 1.07 bits per heavy atom. The van der Waals surface area contributed by atoms with E-state index in [2.05, 4.69) is 4.98 Å². The van der Waals surface area contributed by atoms with E-state index in [9.17, 15) is 18.4 Å². The predicted molar refractivity (Wildman–Crippen MR) is 106 cm³/mol. The fourth-order valence-corrected chi connectivity index (χ4v) is 3.78. The molecule has 0 bridgehead atoms. The Bertz CT molecular complexity index is 1190. The summed E-state index contributed by atoms with van der Waals surface area (Å²) in [5.41, 5.74) is 2.96. The number of carbonyl (C=O) groups excluding carboxylic acids is 1. The molecule has 0 unspecified atom stereocenters. The molecule has 0 saturated carbocycles. The number of nitrogens with zero attached hydrogens (tertiary/aromatic N) is 3. The number of amides is 1. The Morgan fingerprint density at radius 2 is 1.86 bits per heavy atom. The van der Waals surface area contributed by atoms with Gasteiger partial charge in [0.05, 0.1) is 12.2 Å². The van der Waals surface area contributed by atoms with Gasteiger partial charge >= 0.3 is 0 Å². The summed E-state index contributed by atoms with van der Waals surface area (Å²) in [5.74, 6) is -1.36. The lowest BCUT2D eigenvalue weighted by Gasteiger charge is -2.29. The molecule has 4 rings (SSSR count). The number of pyridine rings is 2. The van der Waals surface area contributed by atoms with E-state index in [1.165, 1.54) is 27.8 Å². The second kappa shape index (κ2) is 7.24. The maximum atomic E-state index is 14.9. The molecule has 1 aliphatic rings. The van der Waals surface area contributed by atoms with E-state index < -0.39 is 17.2 Å². The number of hydrogen-bond donors (Lipinski definition) is 0. The smallest absolute Gasteiger partial charge is 0.286 e. The highest BCUT2D eigenvalue weighted by molar-refractivity contribution is 6.01. The average molecular weight is 395 g/mol. The molecule has 3 heterocycles. The monoisotopic (exact) mass is 395 g/mol. The van der Waals surface area contributed by atoms with Crippen LogP contribution in [0.3, 0.4) is 0 Å². The van der Waals surface area contributed by atoms with Crippen LogP contribution >= 0.6 is 0 Å². The van der Waals surface area contributed by atoms with Crippen molar-refractivity contribution in [3.63, 3.8) is 0 Å². The lowest BCUT2D eigenvalue weighted by Crippen LogP contribution is -2.32. The molecule has 5 nitrogen and oxygen atoms in total. The van der Waals surface area contributed by atoms with Gasteiger partial charge in [0.1, 0.15) is 5.82 Å². The lowest BCUT2D eigenvalue weighted by molar-refractivity contribution is -0.118. The van der Waals surface area contributed by atoms with Gasteiger partial charge in [-0.15, -0.1) is 0 Å². The maximum Gasteiger partial charge on any atom is 0.286 e. The fraction of sp³-hybridized carbons (Fsp3) is 0.227. The summed E-state index contributed by atoms with van der Waals surface area (Å²) in [6, 6.07) is 5.67. The van der Waals surface area contributed by atoms with Gasteiger partial charge in [0.15, 0.2) is 5.82 Å². The van der Waals surface area contributed by atoms with Crippen LogP contribution in [0.25, 0.3) is 11.1 Å². The number of fused-ring (bicyclic) bond motifs is 1. The summed E-state index contributed by atoms with van der Waals surface area (Å²) < 4.78 is 29.8. The predicted octanol–water partition coefficient (Wildman–Crippen LogP) is 3.45. The van der Waals surface area contributed by atoms with Crippen molar-refractivity contribution in [1.29, 1.82) is 0 Å². The Labute approximate surface area is 166 Å². The largest absolute Gasteiger partial charge is 0.314 e. The van der Waals surface area contributed by atoms with Crippen LogP contribution in [0, 0.1) is 18.6 Å². The molecule has 7 heteroatoms. The second-order valence-corrected chi connectivity index (χ2v) is 7.14. The zero-order chi connectivity index (χ0) is 20.7. The first-order chi connectivity index (χ1) is 13.9. The van der Waals surface area contributed by atoms with E-state index in [0.717, 1.165) is 17.2 Å². The van der Waals surface area contributed by atoms with Crippen LogP contribution in [0.15, 0.2) is 47.7 Å². The van der Waals surface area contributed by atoms with Gasteiger partial charge in [0.2, 0.25) is 5.91 Å². The molecule has 0 fully saturated rings. The molecule has 0 radical (unpaired) electrons. The van der Waals surface area contributed by atoms with Gasteiger partial charge in [-0.3, -0.25) is 14.6 Å². The van der Waals surface area contributed by atoms with Crippen molar-refractivity contribution in [2.24, 2.45) is 0 Å². The van der Waals surface area contributed by atoms with Crippen molar-refractivity contribution in [3.05, 3.63) is 81.5 Å². The molecule has 1 aromatic carbocycles. The Hall–Kier alpha value is -3.35. The van der Waals surface area contributed by atoms with Crippen LogP contribution < -0.4 is 10.5 Å². The molecule has 0 aliphatic carbocycles. The lowest BCUT2D eigenvalue weighted by atomic mass is 9.91. The van der Waals surface area contributed by atoms with Gasteiger partial charge in [0.25, 0.3) is 5.56 Å². The number of halogens is 2. The number of aryl methyl sites for hydroxylation is 1. The first-order valence-corrected chi connectivity index (χ1v) is 9.25. The maximum absolute atomic E-state index is 14.9. The minimum absolute atomic E-state index is 0.0718. The van der Waals surface area contributed by atoms with E-state index in [1.54, 1.807) is 32.4 Å². The van der Waals surface area contributed by atoms with Crippen molar-refractivity contribution in [1.82, 2.24) is 9.55 Å². The van der Waals surface area contributed by atoms with E-state index in [1.807, 2.05) is 0 Å². The normalized spacial score (nSPS) is 13.5. The molecule has 3 aromatic rings. The fourth-order valence-electron chi connectivity index (χ4n) is 3.78. The zero-order valence-electron chi connectivity index (χ0n) is 16.1. The minimum Gasteiger partial charge on any atom is -0.314 e. The quantitative estimate of drug-likeness (QED) is 0.683. The number of rotatable bonds is 3. The molecule has 0 spiro atoms. The van der Waals surface area contributed by atoms with Crippen LogP contribution in [0.2, 0.25) is 0 Å². The SMILES string of the molecule is Cc1c(Cn2cccc(F)c2=O)cncc1-c1c(F)ccc2c1N(C)C(=O)CC2. The average Bonchev–Trinajstić information content (AvgIpc) is 2.70. The summed E-state index contributed by atoms with van der Waals surface area (Å²) in [7, 11) is 1.64. The van der Waals surface area contributed by atoms with E-state index in [0.29, 0.717) is 35.2 Å². The summed E-state index contributed by atoms with van der Waals surface area (Å²) in [6.45, 7) is 1.91. The molecule has 1 amide bonds. The first kappa shape index (κ1) is 19.0. The number of hydrogen-bond acceptors (Lipinski definition) is 3. The highest BCUT2D eigenvalue weighted by Gasteiger charge is 2.27. The van der Waals surface area contributed by atoms with Gasteiger partial charge in [-0.2, -0.15) is 0 Å². The minimum atomic E-state index is -0.836. The molecule has 148 valence electrons. The van der Waals surface area contributed by atoms with Crippen molar-refractivity contribution in [2.75, 3.05) is 11.9 Å². The van der Waals surface area contributed by atoms with Crippen molar-refractivity contribution in [2.45, 2.75) is 26.3 Å². The molecule has 2 aromatic heterocycles. The van der Waals surface area contributed by atoms with Crippen molar-refractivity contribution >= 4 is 11.6 Å². The molecular formula is C22H19F2N3O2. The van der Waals surface area contributed by atoms with Crippen LogP contribution in [0.5, 0.6) is 0 Å². The van der Waals surface area contributed by atoms with Crippen LogP contribution in [0.4, 0.5) is 14.5 Å². The zero-order valence-corrected chi connectivity index (χ0v) is 16.1. The summed E-state index contributed by atoms with van der Waals surface area (Å²) in [5, 5.41) is 0. The number of carbonyl (C=O) groups is 1. The van der Waals surface area contributed by atoms with Gasteiger partial charge in [-0.05, 0) is 48.2 Å². The highest BCUT2D eigenvalue weighted by Crippen LogP contribution is 2.40. The van der Waals surface area contributed by atoms with Crippen molar-refractivity contribution < 1.29 is 13.6 Å². The molecule has 1 aliphatic heterocycles. The third-order valence-corrected chi connectivity index (χ3v) is 5.43. The Balaban J connectivity index is 1.86. The van der Waals surface area contributed by atoms with Crippen molar-refractivity contribution in [3.8, 4) is 11.1 Å².